The number of ether oxygens (including phenoxy) is 2. The predicted octanol–water partition coefficient (Wildman–Crippen LogP) is 11.1. The summed E-state index contributed by atoms with van der Waals surface area (Å²) in [6.45, 7) is 8.31. The van der Waals surface area contributed by atoms with Crippen LogP contribution in [0.2, 0.25) is 0 Å². The van der Waals surface area contributed by atoms with E-state index in [-0.39, 0.29) is 11.4 Å². The summed E-state index contributed by atoms with van der Waals surface area (Å²) in [6.07, 6.45) is 20.9. The van der Waals surface area contributed by atoms with E-state index >= 15 is 0 Å². The van der Waals surface area contributed by atoms with Crippen molar-refractivity contribution in [3.63, 3.8) is 0 Å². The number of esters is 1. The molecule has 4 nitrogen and oxygen atoms in total. The van der Waals surface area contributed by atoms with Gasteiger partial charge in [-0.05, 0) is 79.7 Å². The maximum Gasteiger partial charge on any atom is 0.330 e. The lowest BCUT2D eigenvalue weighted by molar-refractivity contribution is -0.137. The van der Waals surface area contributed by atoms with E-state index < -0.39 is 0 Å². The molecule has 4 heteroatoms. The van der Waals surface area contributed by atoms with Crippen molar-refractivity contribution in [2.75, 3.05) is 6.61 Å². The molecular weight excluding hydrogens is 530 g/mol. The highest BCUT2D eigenvalue weighted by Gasteiger charge is 2.36. The Balaban J connectivity index is 1.38. The third kappa shape index (κ3) is 11.9. The SMILES string of the molecule is C=CC(=O)OCCCCCCCCCCCC1(C#N)CCCC(c2ccc(-c3ccc(OC(CC)CCC)cc3)cc2)C1. The molecule has 0 radical (unpaired) electrons. The molecule has 0 amide bonds. The molecule has 1 aliphatic carbocycles. The molecule has 3 atom stereocenters. The molecule has 0 N–H and O–H groups in total. The lowest BCUT2D eigenvalue weighted by Gasteiger charge is -2.36. The molecule has 234 valence electrons. The number of carbonyl (C=O) groups is 1. The highest BCUT2D eigenvalue weighted by molar-refractivity contribution is 5.81. The topological polar surface area (TPSA) is 59.3 Å². The van der Waals surface area contributed by atoms with Gasteiger partial charge in [0.1, 0.15) is 5.75 Å². The van der Waals surface area contributed by atoms with Gasteiger partial charge in [0.25, 0.3) is 0 Å². The van der Waals surface area contributed by atoms with Crippen LogP contribution < -0.4 is 4.74 Å². The summed E-state index contributed by atoms with van der Waals surface area (Å²) in [5.41, 5.74) is 3.66. The largest absolute Gasteiger partial charge is 0.490 e. The number of carbonyl (C=O) groups excluding carboxylic acids is 1. The van der Waals surface area contributed by atoms with Gasteiger partial charge in [0, 0.05) is 6.08 Å². The molecule has 1 aliphatic rings. The number of rotatable bonds is 20. The normalized spacial score (nSPS) is 18.9. The van der Waals surface area contributed by atoms with Gasteiger partial charge in [0.15, 0.2) is 0 Å². The second-order valence-corrected chi connectivity index (χ2v) is 12.6. The average Bonchev–Trinajstić information content (AvgIpc) is 3.05. The van der Waals surface area contributed by atoms with Crippen molar-refractivity contribution >= 4 is 5.97 Å². The van der Waals surface area contributed by atoms with Gasteiger partial charge < -0.3 is 9.47 Å². The van der Waals surface area contributed by atoms with E-state index in [9.17, 15) is 10.1 Å². The molecule has 0 saturated heterocycles. The van der Waals surface area contributed by atoms with E-state index in [0.717, 1.165) is 70.0 Å². The summed E-state index contributed by atoms with van der Waals surface area (Å²) in [6, 6.07) is 20.4. The smallest absolute Gasteiger partial charge is 0.330 e. The number of unbranched alkanes of at least 4 members (excludes halogenated alkanes) is 8. The molecule has 43 heavy (non-hydrogen) atoms. The number of hydrogen-bond donors (Lipinski definition) is 0. The number of benzene rings is 2. The first-order valence-corrected chi connectivity index (χ1v) is 17.1. The molecule has 2 aromatic carbocycles. The minimum Gasteiger partial charge on any atom is -0.490 e. The maximum atomic E-state index is 11.0. The van der Waals surface area contributed by atoms with Crippen LogP contribution in [0.4, 0.5) is 0 Å². The van der Waals surface area contributed by atoms with E-state index in [4.69, 9.17) is 9.47 Å². The van der Waals surface area contributed by atoms with Gasteiger partial charge in [-0.3, -0.25) is 0 Å². The molecule has 2 aromatic rings. The molecule has 0 heterocycles. The Labute approximate surface area is 261 Å². The monoisotopic (exact) mass is 585 g/mol. The molecule has 1 fully saturated rings. The van der Waals surface area contributed by atoms with Crippen molar-refractivity contribution in [1.29, 1.82) is 5.26 Å². The molecular formula is C39H55NO3. The maximum absolute atomic E-state index is 11.0. The second kappa shape index (κ2) is 19.3. The van der Waals surface area contributed by atoms with Crippen molar-refractivity contribution in [2.45, 2.75) is 135 Å². The van der Waals surface area contributed by atoms with Crippen LogP contribution in [0.3, 0.4) is 0 Å². The molecule has 3 unspecified atom stereocenters. The van der Waals surface area contributed by atoms with Crippen molar-refractivity contribution in [1.82, 2.24) is 0 Å². The highest BCUT2D eigenvalue weighted by Crippen LogP contribution is 2.47. The minimum absolute atomic E-state index is 0.166. The number of hydrogen-bond acceptors (Lipinski definition) is 4. The molecule has 0 aliphatic heterocycles. The van der Waals surface area contributed by atoms with Gasteiger partial charge in [-0.15, -0.1) is 0 Å². The van der Waals surface area contributed by atoms with Crippen molar-refractivity contribution in [2.24, 2.45) is 5.41 Å². The van der Waals surface area contributed by atoms with Crippen molar-refractivity contribution in [3.05, 3.63) is 66.7 Å². The molecule has 0 aromatic heterocycles. The van der Waals surface area contributed by atoms with Crippen LogP contribution in [-0.2, 0) is 9.53 Å². The van der Waals surface area contributed by atoms with Crippen LogP contribution in [0.25, 0.3) is 11.1 Å². The van der Waals surface area contributed by atoms with Crippen molar-refractivity contribution in [3.8, 4) is 22.9 Å². The molecule has 0 spiro atoms. The quantitative estimate of drug-likeness (QED) is 0.0881. The fraction of sp³-hybridized carbons (Fsp3) is 0.590. The summed E-state index contributed by atoms with van der Waals surface area (Å²) in [5, 5.41) is 10.2. The summed E-state index contributed by atoms with van der Waals surface area (Å²) in [4.78, 5) is 11.0. The van der Waals surface area contributed by atoms with Gasteiger partial charge in [-0.2, -0.15) is 5.26 Å². The summed E-state index contributed by atoms with van der Waals surface area (Å²) in [7, 11) is 0. The Morgan fingerprint density at radius 2 is 1.56 bits per heavy atom. The number of nitriles is 1. The van der Waals surface area contributed by atoms with Crippen LogP contribution >= 0.6 is 0 Å². The van der Waals surface area contributed by atoms with Gasteiger partial charge in [-0.25, -0.2) is 4.79 Å². The summed E-state index contributed by atoms with van der Waals surface area (Å²) >= 11 is 0. The van der Waals surface area contributed by atoms with Gasteiger partial charge in [0.2, 0.25) is 0 Å². The van der Waals surface area contributed by atoms with Crippen LogP contribution in [0, 0.1) is 16.7 Å². The predicted molar refractivity (Wildman–Crippen MR) is 178 cm³/mol. The zero-order valence-electron chi connectivity index (χ0n) is 27.0. The third-order valence-corrected chi connectivity index (χ3v) is 9.23. The third-order valence-electron chi connectivity index (χ3n) is 9.23. The van der Waals surface area contributed by atoms with Gasteiger partial charge >= 0.3 is 5.97 Å². The number of nitrogens with zero attached hydrogens (tertiary/aromatic N) is 1. The second-order valence-electron chi connectivity index (χ2n) is 12.6. The molecule has 1 saturated carbocycles. The van der Waals surface area contributed by atoms with E-state index in [1.807, 2.05) is 0 Å². The average molecular weight is 586 g/mol. The van der Waals surface area contributed by atoms with Crippen LogP contribution in [0.5, 0.6) is 5.75 Å². The lowest BCUT2D eigenvalue weighted by Crippen LogP contribution is -2.26. The fourth-order valence-electron chi connectivity index (χ4n) is 6.60. The van der Waals surface area contributed by atoms with Gasteiger partial charge in [-0.1, -0.05) is 121 Å². The Kier molecular flexibility index (Phi) is 15.4. The van der Waals surface area contributed by atoms with E-state index in [2.05, 4.69) is 75.0 Å². The first kappa shape index (κ1) is 34.4. The Bertz CT molecular complexity index is 1120. The Morgan fingerprint density at radius 1 is 0.953 bits per heavy atom. The first-order valence-electron chi connectivity index (χ1n) is 17.1. The fourth-order valence-corrected chi connectivity index (χ4v) is 6.60. The first-order chi connectivity index (χ1) is 21.0. The lowest BCUT2D eigenvalue weighted by atomic mass is 9.66. The molecule has 0 bridgehead atoms. The zero-order chi connectivity index (χ0) is 30.8. The van der Waals surface area contributed by atoms with E-state index in [0.29, 0.717) is 18.6 Å². The van der Waals surface area contributed by atoms with Crippen LogP contribution in [0.1, 0.15) is 134 Å². The molecule has 3 rings (SSSR count). The highest BCUT2D eigenvalue weighted by atomic mass is 16.5. The van der Waals surface area contributed by atoms with E-state index in [1.165, 1.54) is 67.7 Å². The Morgan fingerprint density at radius 3 is 2.14 bits per heavy atom. The summed E-state index contributed by atoms with van der Waals surface area (Å²) < 4.78 is 11.2. The van der Waals surface area contributed by atoms with Crippen LogP contribution in [0.15, 0.2) is 61.2 Å². The van der Waals surface area contributed by atoms with Crippen molar-refractivity contribution < 1.29 is 14.3 Å². The minimum atomic E-state index is -0.327. The van der Waals surface area contributed by atoms with Crippen LogP contribution in [-0.4, -0.2) is 18.7 Å². The van der Waals surface area contributed by atoms with Gasteiger partial charge in [0.05, 0.1) is 24.2 Å². The zero-order valence-corrected chi connectivity index (χ0v) is 27.0. The Hall–Kier alpha value is -3.06. The summed E-state index contributed by atoms with van der Waals surface area (Å²) in [5.74, 6) is 1.10. The van der Waals surface area contributed by atoms with E-state index in [1.54, 1.807) is 0 Å². The standard InChI is InChI=1S/C39H55NO3/c1-4-17-36(5-2)43-37-25-23-33(24-26-37)32-19-21-34(22-20-32)35-18-16-28-39(30-35,31-40)27-14-12-10-8-7-9-11-13-15-29-42-38(41)6-3/h6,19-26,35-36H,3-5,7-18,27-30H2,1-2H3.